The molecule has 7 nitrogen and oxygen atoms in total. The Morgan fingerprint density at radius 2 is 1.93 bits per heavy atom. The zero-order chi connectivity index (χ0) is 20.4. The van der Waals surface area contributed by atoms with Gasteiger partial charge >= 0.3 is 0 Å². The highest BCUT2D eigenvalue weighted by molar-refractivity contribution is 6.06. The minimum atomic E-state index is -0.458. The molecule has 2 heterocycles. The second kappa shape index (κ2) is 7.79. The van der Waals surface area contributed by atoms with Crippen molar-refractivity contribution in [1.82, 2.24) is 14.8 Å². The van der Waals surface area contributed by atoms with E-state index in [1.165, 1.54) is 6.33 Å². The Morgan fingerprint density at radius 1 is 1.17 bits per heavy atom. The van der Waals surface area contributed by atoms with Crippen molar-refractivity contribution in [3.63, 3.8) is 0 Å². The normalized spacial score (nSPS) is 15.5. The van der Waals surface area contributed by atoms with E-state index < -0.39 is 6.04 Å². The molecule has 7 heteroatoms. The van der Waals surface area contributed by atoms with Crippen LogP contribution in [0.3, 0.4) is 0 Å². The van der Waals surface area contributed by atoms with E-state index in [0.29, 0.717) is 18.1 Å². The van der Waals surface area contributed by atoms with Gasteiger partial charge in [-0.1, -0.05) is 36.4 Å². The molecule has 0 bridgehead atoms. The van der Waals surface area contributed by atoms with Gasteiger partial charge in [-0.15, -0.1) is 0 Å². The smallest absolute Gasteiger partial charge is 0.255 e. The number of fused-ring (bicyclic) bond motifs is 1. The molecule has 0 fully saturated rings. The molecule has 1 aromatic heterocycles. The number of hydrogen-bond donors (Lipinski definition) is 2. The first-order valence-corrected chi connectivity index (χ1v) is 9.56. The molecular weight excluding hydrogens is 366 g/mol. The van der Waals surface area contributed by atoms with Crippen LogP contribution in [0.15, 0.2) is 66.1 Å². The van der Waals surface area contributed by atoms with Crippen LogP contribution in [0.4, 0.5) is 11.6 Å². The van der Waals surface area contributed by atoms with Crippen molar-refractivity contribution in [2.45, 2.75) is 26.8 Å². The van der Waals surface area contributed by atoms with Crippen LogP contribution >= 0.6 is 0 Å². The number of aromatic nitrogens is 3. The summed E-state index contributed by atoms with van der Waals surface area (Å²) < 4.78 is 7.57. The zero-order valence-electron chi connectivity index (χ0n) is 16.6. The predicted molar refractivity (Wildman–Crippen MR) is 112 cm³/mol. The first kappa shape index (κ1) is 18.7. The molecule has 2 aromatic carbocycles. The maximum atomic E-state index is 13.4. The molecule has 4 rings (SSSR count). The standard InChI is InChI=1S/C22H23N5O2/c1-4-29-18-12-8-6-10-16(18)20-19(15(3)25-22-23-13-24-27(20)22)21(28)26-17-11-7-5-9-14(17)2/h5-13,20H,4H2,1-3H3,(H,26,28)(H,23,24,25). The summed E-state index contributed by atoms with van der Waals surface area (Å²) in [7, 11) is 0. The summed E-state index contributed by atoms with van der Waals surface area (Å²) in [5.74, 6) is 1.12. The van der Waals surface area contributed by atoms with E-state index in [9.17, 15) is 4.79 Å². The van der Waals surface area contributed by atoms with Crippen LogP contribution in [0, 0.1) is 6.92 Å². The van der Waals surface area contributed by atoms with Crippen molar-refractivity contribution in [3.05, 3.63) is 77.3 Å². The third-order valence-corrected chi connectivity index (χ3v) is 4.95. The summed E-state index contributed by atoms with van der Waals surface area (Å²) >= 11 is 0. The Labute approximate surface area is 169 Å². The number of para-hydroxylation sites is 2. The van der Waals surface area contributed by atoms with Gasteiger partial charge in [0.15, 0.2) is 0 Å². The number of aryl methyl sites for hydroxylation is 1. The van der Waals surface area contributed by atoms with Crippen molar-refractivity contribution in [2.24, 2.45) is 0 Å². The van der Waals surface area contributed by atoms with Crippen LogP contribution in [0.25, 0.3) is 0 Å². The van der Waals surface area contributed by atoms with Gasteiger partial charge in [0, 0.05) is 16.9 Å². The molecule has 0 radical (unpaired) electrons. The fraction of sp³-hybridized carbons (Fsp3) is 0.227. The summed E-state index contributed by atoms with van der Waals surface area (Å²) in [4.78, 5) is 17.7. The quantitative estimate of drug-likeness (QED) is 0.691. The van der Waals surface area contributed by atoms with Gasteiger partial charge in [0.2, 0.25) is 5.95 Å². The fourth-order valence-electron chi connectivity index (χ4n) is 3.57. The average molecular weight is 389 g/mol. The first-order valence-electron chi connectivity index (χ1n) is 9.56. The molecule has 148 valence electrons. The molecule has 1 atom stereocenters. The number of carbonyl (C=O) groups excluding carboxylic acids is 1. The lowest BCUT2D eigenvalue weighted by molar-refractivity contribution is -0.113. The summed E-state index contributed by atoms with van der Waals surface area (Å²) in [6.07, 6.45) is 1.48. The Balaban J connectivity index is 1.81. The summed E-state index contributed by atoms with van der Waals surface area (Å²) in [6.45, 7) is 6.31. The number of hydrogen-bond acceptors (Lipinski definition) is 5. The Hall–Kier alpha value is -3.61. The van der Waals surface area contributed by atoms with Gasteiger partial charge in [-0.05, 0) is 38.5 Å². The first-order chi connectivity index (χ1) is 14.1. The van der Waals surface area contributed by atoms with Crippen LogP contribution in [-0.2, 0) is 4.79 Å². The predicted octanol–water partition coefficient (Wildman–Crippen LogP) is 3.91. The Morgan fingerprint density at radius 3 is 2.72 bits per heavy atom. The van der Waals surface area contributed by atoms with Crippen molar-refractivity contribution >= 4 is 17.5 Å². The molecule has 3 aromatic rings. The molecule has 0 saturated carbocycles. The van der Waals surface area contributed by atoms with Crippen LogP contribution in [0.2, 0.25) is 0 Å². The van der Waals surface area contributed by atoms with Crippen molar-refractivity contribution in [1.29, 1.82) is 0 Å². The molecule has 0 saturated heterocycles. The number of nitrogens with one attached hydrogen (secondary N) is 2. The second-order valence-electron chi connectivity index (χ2n) is 6.83. The van der Waals surface area contributed by atoms with E-state index >= 15 is 0 Å². The van der Waals surface area contributed by atoms with Gasteiger partial charge in [0.1, 0.15) is 18.1 Å². The molecule has 0 spiro atoms. The van der Waals surface area contributed by atoms with Crippen LogP contribution < -0.4 is 15.4 Å². The maximum absolute atomic E-state index is 13.4. The third-order valence-electron chi connectivity index (χ3n) is 4.95. The molecule has 0 aliphatic carbocycles. The van der Waals surface area contributed by atoms with Crippen molar-refractivity contribution in [3.8, 4) is 5.75 Å². The second-order valence-corrected chi connectivity index (χ2v) is 6.83. The van der Waals surface area contributed by atoms with E-state index in [1.54, 1.807) is 4.68 Å². The van der Waals surface area contributed by atoms with Crippen LogP contribution in [0.1, 0.15) is 31.0 Å². The number of carbonyl (C=O) groups is 1. The lowest BCUT2D eigenvalue weighted by Crippen LogP contribution is -2.32. The fourth-order valence-corrected chi connectivity index (χ4v) is 3.57. The lowest BCUT2D eigenvalue weighted by atomic mass is 9.94. The number of amides is 1. The highest BCUT2D eigenvalue weighted by Crippen LogP contribution is 2.39. The topological polar surface area (TPSA) is 81.1 Å². The summed E-state index contributed by atoms with van der Waals surface area (Å²) in [6, 6.07) is 15.0. The number of rotatable bonds is 5. The number of anilines is 2. The molecule has 29 heavy (non-hydrogen) atoms. The third kappa shape index (κ3) is 3.47. The average Bonchev–Trinajstić information content (AvgIpc) is 3.17. The number of nitrogens with zero attached hydrogens (tertiary/aromatic N) is 3. The van der Waals surface area contributed by atoms with Gasteiger partial charge in [0.05, 0.1) is 12.2 Å². The molecular formula is C22H23N5O2. The number of ether oxygens (including phenoxy) is 1. The van der Waals surface area contributed by atoms with Crippen LogP contribution in [-0.4, -0.2) is 27.3 Å². The van der Waals surface area contributed by atoms with Crippen molar-refractivity contribution < 1.29 is 9.53 Å². The highest BCUT2D eigenvalue weighted by atomic mass is 16.5. The highest BCUT2D eigenvalue weighted by Gasteiger charge is 2.35. The van der Waals surface area contributed by atoms with E-state index in [0.717, 1.165) is 28.3 Å². The Kier molecular flexibility index (Phi) is 5.03. The van der Waals surface area contributed by atoms with Crippen molar-refractivity contribution in [2.75, 3.05) is 17.2 Å². The molecule has 1 aliphatic heterocycles. The molecule has 1 amide bonds. The minimum Gasteiger partial charge on any atom is -0.494 e. The van der Waals surface area contributed by atoms with Gasteiger partial charge in [-0.3, -0.25) is 4.79 Å². The lowest BCUT2D eigenvalue weighted by Gasteiger charge is -2.29. The summed E-state index contributed by atoms with van der Waals surface area (Å²) in [5.41, 5.74) is 3.93. The van der Waals surface area contributed by atoms with Crippen LogP contribution in [0.5, 0.6) is 5.75 Å². The van der Waals surface area contributed by atoms with Gasteiger partial charge in [0.25, 0.3) is 5.91 Å². The van der Waals surface area contributed by atoms with E-state index in [2.05, 4.69) is 20.7 Å². The Bertz CT molecular complexity index is 1090. The maximum Gasteiger partial charge on any atom is 0.255 e. The van der Waals surface area contributed by atoms with Gasteiger partial charge in [-0.2, -0.15) is 10.1 Å². The van der Waals surface area contributed by atoms with Gasteiger partial charge in [-0.25, -0.2) is 4.68 Å². The summed E-state index contributed by atoms with van der Waals surface area (Å²) in [5, 5.41) is 10.6. The monoisotopic (exact) mass is 389 g/mol. The molecule has 1 unspecified atom stereocenters. The SMILES string of the molecule is CCOc1ccccc1C1C(C(=O)Nc2ccccc2C)=C(C)Nc2ncnn21. The number of benzene rings is 2. The van der Waals surface area contributed by atoms with Gasteiger partial charge < -0.3 is 15.4 Å². The molecule has 1 aliphatic rings. The van der Waals surface area contributed by atoms with E-state index in [4.69, 9.17) is 4.74 Å². The number of allylic oxidation sites excluding steroid dienone is 1. The molecule has 2 N–H and O–H groups in total. The van der Waals surface area contributed by atoms with E-state index in [-0.39, 0.29) is 5.91 Å². The largest absolute Gasteiger partial charge is 0.494 e. The minimum absolute atomic E-state index is 0.193. The van der Waals surface area contributed by atoms with E-state index in [1.807, 2.05) is 69.3 Å². The zero-order valence-corrected chi connectivity index (χ0v) is 16.6.